The lowest BCUT2D eigenvalue weighted by Crippen LogP contribution is -2.48. The fourth-order valence-corrected chi connectivity index (χ4v) is 3.22. The number of halogens is 1. The van der Waals surface area contributed by atoms with Crippen LogP contribution in [0.15, 0.2) is 24.3 Å². The lowest BCUT2D eigenvalue weighted by molar-refractivity contribution is 0.150. The van der Waals surface area contributed by atoms with Gasteiger partial charge >= 0.3 is 0 Å². The first-order valence-electron chi connectivity index (χ1n) is 6.43. The Bertz CT molecular complexity index is 400. The second kappa shape index (κ2) is 4.41. The highest BCUT2D eigenvalue weighted by Gasteiger charge is 2.37. The fourth-order valence-electron chi connectivity index (χ4n) is 3.22. The predicted molar refractivity (Wildman–Crippen MR) is 69.3 cm³/mol. The minimum Gasteiger partial charge on any atom is -0.325 e. The number of hydrogen-bond acceptors (Lipinski definition) is 1. The zero-order valence-electron chi connectivity index (χ0n) is 10.8. The average molecular weight is 235 g/mol. The molecule has 2 heteroatoms. The molecule has 1 saturated carbocycles. The monoisotopic (exact) mass is 235 g/mol. The summed E-state index contributed by atoms with van der Waals surface area (Å²) in [7, 11) is 0. The zero-order valence-corrected chi connectivity index (χ0v) is 10.8. The molecule has 0 heterocycles. The second-order valence-electron chi connectivity index (χ2n) is 6.33. The molecule has 1 aromatic rings. The summed E-state index contributed by atoms with van der Waals surface area (Å²) < 4.78 is 13.7. The first kappa shape index (κ1) is 12.6. The summed E-state index contributed by atoms with van der Waals surface area (Å²) in [6, 6.07) is 6.99. The van der Waals surface area contributed by atoms with E-state index in [0.29, 0.717) is 6.42 Å². The Kier molecular flexibility index (Phi) is 3.26. The van der Waals surface area contributed by atoms with Crippen molar-refractivity contribution in [3.8, 4) is 0 Å². The largest absolute Gasteiger partial charge is 0.325 e. The van der Waals surface area contributed by atoms with Crippen LogP contribution in [0.25, 0.3) is 0 Å². The SMILES string of the molecule is CC1(C)CCCC(N)(Cc2ccccc2F)C1. The molecule has 0 spiro atoms. The topological polar surface area (TPSA) is 26.0 Å². The summed E-state index contributed by atoms with van der Waals surface area (Å²) in [6.45, 7) is 4.52. The van der Waals surface area contributed by atoms with Crippen molar-refractivity contribution in [2.24, 2.45) is 11.1 Å². The number of rotatable bonds is 2. The van der Waals surface area contributed by atoms with Crippen molar-refractivity contribution in [1.82, 2.24) is 0 Å². The molecule has 1 aromatic carbocycles. The number of hydrogen-bond donors (Lipinski definition) is 1. The summed E-state index contributed by atoms with van der Waals surface area (Å²) in [5.74, 6) is -0.124. The maximum absolute atomic E-state index is 13.7. The minimum atomic E-state index is -0.232. The summed E-state index contributed by atoms with van der Waals surface area (Å²) in [6.07, 6.45) is 5.02. The molecule has 1 fully saturated rings. The third-order valence-corrected chi connectivity index (χ3v) is 3.86. The van der Waals surface area contributed by atoms with Gasteiger partial charge in [-0.3, -0.25) is 0 Å². The smallest absolute Gasteiger partial charge is 0.126 e. The summed E-state index contributed by atoms with van der Waals surface area (Å²) in [5, 5.41) is 0. The Labute approximate surface area is 103 Å². The Morgan fingerprint density at radius 1 is 1.24 bits per heavy atom. The molecule has 0 amide bonds. The van der Waals surface area contributed by atoms with Crippen LogP contribution in [0.2, 0.25) is 0 Å². The van der Waals surface area contributed by atoms with Crippen LogP contribution in [0.5, 0.6) is 0 Å². The van der Waals surface area contributed by atoms with Gasteiger partial charge in [0.15, 0.2) is 0 Å². The van der Waals surface area contributed by atoms with Gasteiger partial charge < -0.3 is 5.73 Å². The van der Waals surface area contributed by atoms with Crippen LogP contribution >= 0.6 is 0 Å². The van der Waals surface area contributed by atoms with E-state index in [-0.39, 0.29) is 16.8 Å². The van der Waals surface area contributed by atoms with Gasteiger partial charge in [-0.2, -0.15) is 0 Å². The van der Waals surface area contributed by atoms with Crippen molar-refractivity contribution >= 4 is 0 Å². The van der Waals surface area contributed by atoms with E-state index in [2.05, 4.69) is 13.8 Å². The molecule has 1 nitrogen and oxygen atoms in total. The summed E-state index contributed by atoms with van der Waals surface area (Å²) in [4.78, 5) is 0. The Balaban J connectivity index is 2.15. The van der Waals surface area contributed by atoms with Gasteiger partial charge in [0.05, 0.1) is 0 Å². The quantitative estimate of drug-likeness (QED) is 0.831. The molecule has 1 unspecified atom stereocenters. The number of benzene rings is 1. The molecule has 1 aliphatic carbocycles. The van der Waals surface area contributed by atoms with E-state index in [9.17, 15) is 4.39 Å². The Hall–Kier alpha value is -0.890. The highest BCUT2D eigenvalue weighted by Crippen LogP contribution is 2.41. The van der Waals surface area contributed by atoms with E-state index < -0.39 is 0 Å². The van der Waals surface area contributed by atoms with Crippen LogP contribution in [-0.2, 0) is 6.42 Å². The van der Waals surface area contributed by atoms with Crippen LogP contribution in [-0.4, -0.2) is 5.54 Å². The molecule has 0 bridgehead atoms. The molecule has 1 aliphatic rings. The first-order chi connectivity index (χ1) is 7.90. The van der Waals surface area contributed by atoms with E-state index in [1.807, 2.05) is 12.1 Å². The summed E-state index contributed by atoms with van der Waals surface area (Å²) in [5.41, 5.74) is 7.28. The van der Waals surface area contributed by atoms with E-state index in [4.69, 9.17) is 5.73 Å². The van der Waals surface area contributed by atoms with Gasteiger partial charge in [-0.1, -0.05) is 38.5 Å². The minimum absolute atomic E-state index is 0.124. The first-order valence-corrected chi connectivity index (χ1v) is 6.43. The van der Waals surface area contributed by atoms with E-state index in [1.165, 1.54) is 12.5 Å². The molecule has 0 radical (unpaired) electrons. The van der Waals surface area contributed by atoms with Crippen molar-refractivity contribution in [1.29, 1.82) is 0 Å². The van der Waals surface area contributed by atoms with Gasteiger partial charge in [-0.05, 0) is 42.7 Å². The second-order valence-corrected chi connectivity index (χ2v) is 6.33. The van der Waals surface area contributed by atoms with Gasteiger partial charge in [0, 0.05) is 5.54 Å². The van der Waals surface area contributed by atoms with Crippen LogP contribution in [0.3, 0.4) is 0 Å². The molecule has 1 atom stereocenters. The molecular formula is C15H22FN. The third kappa shape index (κ3) is 3.06. The molecule has 0 saturated heterocycles. The van der Waals surface area contributed by atoms with Gasteiger partial charge in [0.1, 0.15) is 5.82 Å². The lowest BCUT2D eigenvalue weighted by Gasteiger charge is -2.42. The summed E-state index contributed by atoms with van der Waals surface area (Å²) >= 11 is 0. The molecule has 17 heavy (non-hydrogen) atoms. The maximum Gasteiger partial charge on any atom is 0.126 e. The van der Waals surface area contributed by atoms with Crippen molar-refractivity contribution in [3.05, 3.63) is 35.6 Å². The fraction of sp³-hybridized carbons (Fsp3) is 0.600. The zero-order chi connectivity index (χ0) is 12.5. The van der Waals surface area contributed by atoms with Crippen molar-refractivity contribution in [3.63, 3.8) is 0 Å². The van der Waals surface area contributed by atoms with E-state index >= 15 is 0 Å². The van der Waals surface area contributed by atoms with Crippen LogP contribution < -0.4 is 5.73 Å². The Morgan fingerprint density at radius 2 is 1.94 bits per heavy atom. The van der Waals surface area contributed by atoms with Gasteiger partial charge in [0.2, 0.25) is 0 Å². The third-order valence-electron chi connectivity index (χ3n) is 3.86. The number of nitrogens with two attached hydrogens (primary N) is 1. The van der Waals surface area contributed by atoms with Crippen molar-refractivity contribution < 1.29 is 4.39 Å². The molecule has 2 N–H and O–H groups in total. The molecule has 2 rings (SSSR count). The van der Waals surface area contributed by atoms with Crippen LogP contribution in [0.1, 0.15) is 45.1 Å². The standard InChI is InChI=1S/C15H22FN/c1-14(2)8-5-9-15(17,11-14)10-12-6-3-4-7-13(12)16/h3-4,6-7H,5,8-11,17H2,1-2H3. The van der Waals surface area contributed by atoms with E-state index in [0.717, 1.165) is 24.8 Å². The lowest BCUT2D eigenvalue weighted by atomic mass is 9.66. The van der Waals surface area contributed by atoms with Gasteiger partial charge in [-0.15, -0.1) is 0 Å². The highest BCUT2D eigenvalue weighted by molar-refractivity contribution is 5.20. The molecule has 94 valence electrons. The van der Waals surface area contributed by atoms with Crippen molar-refractivity contribution in [2.75, 3.05) is 0 Å². The van der Waals surface area contributed by atoms with E-state index in [1.54, 1.807) is 6.07 Å². The van der Waals surface area contributed by atoms with Crippen molar-refractivity contribution in [2.45, 2.75) is 51.5 Å². The maximum atomic E-state index is 13.7. The highest BCUT2D eigenvalue weighted by atomic mass is 19.1. The molecule has 0 aliphatic heterocycles. The van der Waals surface area contributed by atoms with Crippen LogP contribution in [0.4, 0.5) is 4.39 Å². The normalized spacial score (nSPS) is 28.0. The Morgan fingerprint density at radius 3 is 2.59 bits per heavy atom. The van der Waals surface area contributed by atoms with Gasteiger partial charge in [-0.25, -0.2) is 4.39 Å². The van der Waals surface area contributed by atoms with Crippen LogP contribution in [0, 0.1) is 11.2 Å². The average Bonchev–Trinajstić information content (AvgIpc) is 2.19. The predicted octanol–water partition coefficient (Wildman–Crippen LogP) is 3.67. The van der Waals surface area contributed by atoms with Gasteiger partial charge in [0.25, 0.3) is 0 Å². The molecular weight excluding hydrogens is 213 g/mol. The molecule has 0 aromatic heterocycles.